The van der Waals surface area contributed by atoms with Crippen LogP contribution in [0.3, 0.4) is 0 Å². The van der Waals surface area contributed by atoms with Gasteiger partial charge in [0.15, 0.2) is 0 Å². The number of aromatic nitrogens is 2. The minimum absolute atomic E-state index is 0.391. The number of fused-ring (bicyclic) bond motifs is 1. The number of hydrogen-bond acceptors (Lipinski definition) is 5. The normalized spacial score (nSPS) is 17.0. The van der Waals surface area contributed by atoms with Crippen molar-refractivity contribution < 1.29 is 14.3 Å². The highest BCUT2D eigenvalue weighted by Gasteiger charge is 2.39. The van der Waals surface area contributed by atoms with Gasteiger partial charge in [-0.1, -0.05) is 41.6 Å². The fourth-order valence-corrected chi connectivity index (χ4v) is 4.59. The van der Waals surface area contributed by atoms with Crippen molar-refractivity contribution in [2.45, 2.75) is 24.7 Å². The van der Waals surface area contributed by atoms with Crippen LogP contribution in [-0.2, 0) is 16.7 Å². The van der Waals surface area contributed by atoms with Crippen LogP contribution >= 0.6 is 0 Å². The molecular weight excluding hydrogens is 402 g/mol. The van der Waals surface area contributed by atoms with Gasteiger partial charge < -0.3 is 14.3 Å². The van der Waals surface area contributed by atoms with Crippen LogP contribution in [0.5, 0.6) is 11.5 Å². The van der Waals surface area contributed by atoms with Crippen molar-refractivity contribution in [3.63, 3.8) is 0 Å². The van der Waals surface area contributed by atoms with Crippen molar-refractivity contribution in [2.75, 3.05) is 21.3 Å². The highest BCUT2D eigenvalue weighted by Crippen LogP contribution is 2.44. The average Bonchev–Trinajstić information content (AvgIpc) is 3.61. The van der Waals surface area contributed by atoms with Crippen LogP contribution in [-0.4, -0.2) is 37.2 Å². The monoisotopic (exact) mass is 429 g/mol. The minimum Gasteiger partial charge on any atom is -0.497 e. The van der Waals surface area contributed by atoms with E-state index in [0.29, 0.717) is 5.92 Å². The number of aromatic amines is 1. The maximum atomic E-state index is 5.54. The van der Waals surface area contributed by atoms with E-state index < -0.39 is 5.41 Å². The van der Waals surface area contributed by atoms with Gasteiger partial charge >= 0.3 is 0 Å². The zero-order chi connectivity index (χ0) is 22.1. The van der Waals surface area contributed by atoms with E-state index in [0.717, 1.165) is 64.6 Å². The number of nitrogens with one attached hydrogen (secondary N) is 1. The summed E-state index contributed by atoms with van der Waals surface area (Å²) in [6.45, 7) is 0. The summed E-state index contributed by atoms with van der Waals surface area (Å²) < 4.78 is 11.1. The maximum Gasteiger partial charge on any atom is 0.119 e. The third-order valence-electron chi connectivity index (χ3n) is 6.44. The van der Waals surface area contributed by atoms with E-state index in [1.807, 2.05) is 24.3 Å². The van der Waals surface area contributed by atoms with E-state index in [1.165, 1.54) is 0 Å². The molecule has 1 fully saturated rings. The van der Waals surface area contributed by atoms with Crippen molar-refractivity contribution in [3.05, 3.63) is 82.7 Å². The third-order valence-corrected chi connectivity index (χ3v) is 6.44. The molecule has 2 aliphatic rings. The molecule has 0 bridgehead atoms. The highest BCUT2D eigenvalue weighted by molar-refractivity contribution is 6.04. The number of ether oxygens (including phenoxy) is 2. The van der Waals surface area contributed by atoms with E-state index in [2.05, 4.69) is 51.8 Å². The van der Waals surface area contributed by atoms with Crippen LogP contribution in [0.25, 0.3) is 6.08 Å². The molecule has 2 aliphatic carbocycles. The molecular formula is C26H27N3O3. The highest BCUT2D eigenvalue weighted by atomic mass is 16.6. The fourth-order valence-electron chi connectivity index (χ4n) is 4.59. The standard InChI is InChI=1S/C26H27N3O3/c1-30-20-8-4-6-18(14-20)26(19-7-5-9-21(15-19)31-2)13-12-22-23(16-26)27-28-25(22)24(29-32-3)17-10-11-17/h4-9,12-15,17H,10-11,16H2,1-3H3,(H,27,28)/b29-24+. The van der Waals surface area contributed by atoms with Gasteiger partial charge in [-0.3, -0.25) is 5.10 Å². The lowest BCUT2D eigenvalue weighted by atomic mass is 9.68. The van der Waals surface area contributed by atoms with Gasteiger partial charge in [0.1, 0.15) is 30.0 Å². The summed E-state index contributed by atoms with van der Waals surface area (Å²) in [7, 11) is 4.98. The summed E-state index contributed by atoms with van der Waals surface area (Å²) >= 11 is 0. The largest absolute Gasteiger partial charge is 0.497 e. The quantitative estimate of drug-likeness (QED) is 0.435. The van der Waals surface area contributed by atoms with Gasteiger partial charge in [0.2, 0.25) is 0 Å². The topological polar surface area (TPSA) is 68.7 Å². The first kappa shape index (κ1) is 20.4. The SMILES string of the molecule is CO/N=C(/c1n[nH]c2c1C=CC(c1cccc(OC)c1)(c1cccc(OC)c1)C2)C1CC1. The molecule has 1 aromatic heterocycles. The van der Waals surface area contributed by atoms with Crippen molar-refractivity contribution in [1.29, 1.82) is 0 Å². The summed E-state index contributed by atoms with van der Waals surface area (Å²) in [5.74, 6) is 2.09. The molecule has 0 saturated heterocycles. The molecule has 5 rings (SSSR count). The molecule has 6 heteroatoms. The minimum atomic E-state index is -0.391. The van der Waals surface area contributed by atoms with Gasteiger partial charge in [-0.25, -0.2) is 0 Å². The zero-order valence-electron chi connectivity index (χ0n) is 18.6. The third kappa shape index (κ3) is 3.45. The summed E-state index contributed by atoms with van der Waals surface area (Å²) in [4.78, 5) is 5.13. The van der Waals surface area contributed by atoms with Crippen molar-refractivity contribution in [2.24, 2.45) is 11.1 Å². The molecule has 6 nitrogen and oxygen atoms in total. The summed E-state index contributed by atoms with van der Waals surface area (Å²) in [5, 5.41) is 12.3. The first-order valence-electron chi connectivity index (χ1n) is 10.9. The van der Waals surface area contributed by atoms with Crippen LogP contribution in [0.4, 0.5) is 0 Å². The number of nitrogens with zero attached hydrogens (tertiary/aromatic N) is 2. The van der Waals surface area contributed by atoms with Gasteiger partial charge in [0.25, 0.3) is 0 Å². The Morgan fingerprint density at radius 2 is 1.66 bits per heavy atom. The second-order valence-corrected chi connectivity index (χ2v) is 8.34. The maximum absolute atomic E-state index is 5.54. The molecule has 0 unspecified atom stereocenters. The van der Waals surface area contributed by atoms with Crippen LogP contribution < -0.4 is 9.47 Å². The number of oxime groups is 1. The Labute approximate surface area is 187 Å². The van der Waals surface area contributed by atoms with Crippen molar-refractivity contribution in [1.82, 2.24) is 10.2 Å². The number of hydrogen-bond donors (Lipinski definition) is 1. The van der Waals surface area contributed by atoms with Crippen LogP contribution in [0.1, 0.15) is 40.9 Å². The molecule has 0 spiro atoms. The molecule has 1 saturated carbocycles. The predicted octanol–water partition coefficient (Wildman–Crippen LogP) is 4.74. The molecule has 0 aliphatic heterocycles. The Kier molecular flexibility index (Phi) is 5.21. The van der Waals surface area contributed by atoms with E-state index in [4.69, 9.17) is 14.3 Å². The number of rotatable bonds is 7. The van der Waals surface area contributed by atoms with E-state index in [9.17, 15) is 0 Å². The molecule has 0 amide bonds. The van der Waals surface area contributed by atoms with Crippen LogP contribution in [0.2, 0.25) is 0 Å². The van der Waals surface area contributed by atoms with Crippen molar-refractivity contribution in [3.8, 4) is 11.5 Å². The number of allylic oxidation sites excluding steroid dienone is 1. The lowest BCUT2D eigenvalue weighted by Gasteiger charge is -2.35. The Balaban J connectivity index is 1.64. The number of H-pyrrole nitrogens is 1. The van der Waals surface area contributed by atoms with Gasteiger partial charge in [0, 0.05) is 29.0 Å². The second-order valence-electron chi connectivity index (χ2n) is 8.34. The van der Waals surface area contributed by atoms with E-state index >= 15 is 0 Å². The second kappa shape index (κ2) is 8.19. The van der Waals surface area contributed by atoms with Crippen LogP contribution in [0, 0.1) is 5.92 Å². The Morgan fingerprint density at radius 1 is 1.00 bits per heavy atom. The zero-order valence-corrected chi connectivity index (χ0v) is 18.6. The number of benzene rings is 2. The summed E-state index contributed by atoms with van der Waals surface area (Å²) in [5.41, 5.74) is 5.91. The molecule has 32 heavy (non-hydrogen) atoms. The molecule has 164 valence electrons. The van der Waals surface area contributed by atoms with Gasteiger partial charge in [0.05, 0.1) is 14.2 Å². The van der Waals surface area contributed by atoms with E-state index in [-0.39, 0.29) is 0 Å². The smallest absolute Gasteiger partial charge is 0.119 e. The molecule has 0 radical (unpaired) electrons. The number of methoxy groups -OCH3 is 2. The first-order valence-corrected chi connectivity index (χ1v) is 10.9. The lowest BCUT2D eigenvalue weighted by molar-refractivity contribution is 0.212. The van der Waals surface area contributed by atoms with Gasteiger partial charge in [-0.05, 0) is 48.2 Å². The summed E-state index contributed by atoms with van der Waals surface area (Å²) in [6.07, 6.45) is 7.44. The van der Waals surface area contributed by atoms with Gasteiger partial charge in [-0.2, -0.15) is 5.10 Å². The van der Waals surface area contributed by atoms with Crippen LogP contribution in [0.15, 0.2) is 59.8 Å². The molecule has 3 aromatic rings. The molecule has 2 aromatic carbocycles. The Bertz CT molecular complexity index is 1140. The summed E-state index contributed by atoms with van der Waals surface area (Å²) in [6, 6.07) is 16.5. The lowest BCUT2D eigenvalue weighted by Crippen LogP contribution is -2.30. The first-order chi connectivity index (χ1) is 15.7. The Hall–Kier alpha value is -3.54. The molecule has 1 heterocycles. The molecule has 1 N–H and O–H groups in total. The Morgan fingerprint density at radius 3 is 2.22 bits per heavy atom. The van der Waals surface area contributed by atoms with Gasteiger partial charge in [-0.15, -0.1) is 0 Å². The van der Waals surface area contributed by atoms with Crippen molar-refractivity contribution >= 4 is 11.8 Å². The fraction of sp³-hybridized carbons (Fsp3) is 0.308. The predicted molar refractivity (Wildman–Crippen MR) is 124 cm³/mol. The van der Waals surface area contributed by atoms with E-state index in [1.54, 1.807) is 21.3 Å². The molecule has 0 atom stereocenters. The average molecular weight is 430 g/mol.